The minimum absolute atomic E-state index is 0.210. The van der Waals surface area contributed by atoms with Crippen LogP contribution in [0.2, 0.25) is 0 Å². The van der Waals surface area contributed by atoms with E-state index in [0.29, 0.717) is 30.2 Å². The minimum atomic E-state index is -0.317. The molecule has 22 heavy (non-hydrogen) atoms. The van der Waals surface area contributed by atoms with Crippen molar-refractivity contribution >= 4 is 17.5 Å². The molecule has 0 aliphatic carbocycles. The van der Waals surface area contributed by atoms with Crippen LogP contribution in [-0.2, 0) is 13.1 Å². The van der Waals surface area contributed by atoms with Crippen LogP contribution in [0.15, 0.2) is 18.5 Å². The number of hydrogen-bond donors (Lipinski definition) is 1. The number of aromatic nitrogens is 4. The van der Waals surface area contributed by atoms with E-state index in [4.69, 9.17) is 0 Å². The van der Waals surface area contributed by atoms with Gasteiger partial charge in [0.1, 0.15) is 11.4 Å². The second-order valence-corrected chi connectivity index (χ2v) is 4.91. The second-order valence-electron chi connectivity index (χ2n) is 4.91. The van der Waals surface area contributed by atoms with Crippen LogP contribution in [0, 0.1) is 0 Å². The first kappa shape index (κ1) is 15.7. The van der Waals surface area contributed by atoms with E-state index in [0.717, 1.165) is 0 Å². The van der Waals surface area contributed by atoms with Crippen molar-refractivity contribution in [1.82, 2.24) is 24.5 Å². The van der Waals surface area contributed by atoms with Gasteiger partial charge < -0.3 is 10.2 Å². The van der Waals surface area contributed by atoms with E-state index < -0.39 is 0 Å². The summed E-state index contributed by atoms with van der Waals surface area (Å²) in [5.74, 6) is -0.526. The summed E-state index contributed by atoms with van der Waals surface area (Å²) in [6.45, 7) is 4.92. The van der Waals surface area contributed by atoms with Crippen molar-refractivity contribution in [2.24, 2.45) is 0 Å². The Balaban J connectivity index is 2.32. The highest BCUT2D eigenvalue weighted by atomic mass is 16.2. The van der Waals surface area contributed by atoms with Crippen molar-refractivity contribution in [2.45, 2.75) is 26.9 Å². The zero-order valence-corrected chi connectivity index (χ0v) is 13.2. The van der Waals surface area contributed by atoms with Crippen molar-refractivity contribution in [3.05, 3.63) is 29.8 Å². The molecular weight excluding hydrogens is 284 g/mol. The van der Waals surface area contributed by atoms with Crippen LogP contribution in [0.5, 0.6) is 0 Å². The first-order valence-electron chi connectivity index (χ1n) is 7.10. The molecule has 8 heteroatoms. The van der Waals surface area contributed by atoms with Crippen molar-refractivity contribution in [3.63, 3.8) is 0 Å². The molecule has 0 saturated heterocycles. The van der Waals surface area contributed by atoms with Gasteiger partial charge in [-0.05, 0) is 19.9 Å². The number of hydrogen-bond acceptors (Lipinski definition) is 4. The van der Waals surface area contributed by atoms with Gasteiger partial charge in [-0.25, -0.2) is 0 Å². The van der Waals surface area contributed by atoms with Crippen molar-refractivity contribution < 1.29 is 9.59 Å². The SMILES string of the molecule is CCn1nccc1C(=O)Nc1cnn(CC)c1C(=O)N(C)C. The van der Waals surface area contributed by atoms with Crippen molar-refractivity contribution in [2.75, 3.05) is 19.4 Å². The lowest BCUT2D eigenvalue weighted by Gasteiger charge is -2.13. The Morgan fingerprint density at radius 1 is 1.18 bits per heavy atom. The highest BCUT2D eigenvalue weighted by molar-refractivity contribution is 6.07. The number of nitrogens with one attached hydrogen (secondary N) is 1. The van der Waals surface area contributed by atoms with E-state index in [-0.39, 0.29) is 11.8 Å². The summed E-state index contributed by atoms with van der Waals surface area (Å²) in [5, 5.41) is 11.0. The Kier molecular flexibility index (Phi) is 4.59. The quantitative estimate of drug-likeness (QED) is 0.895. The predicted molar refractivity (Wildman–Crippen MR) is 81.8 cm³/mol. The number of amides is 2. The smallest absolute Gasteiger partial charge is 0.274 e. The van der Waals surface area contributed by atoms with Gasteiger partial charge >= 0.3 is 0 Å². The molecule has 0 atom stereocenters. The molecule has 8 nitrogen and oxygen atoms in total. The fourth-order valence-corrected chi connectivity index (χ4v) is 2.12. The number of carbonyl (C=O) groups is 2. The van der Waals surface area contributed by atoms with Gasteiger partial charge in [-0.15, -0.1) is 0 Å². The molecule has 0 bridgehead atoms. The van der Waals surface area contributed by atoms with Crippen LogP contribution in [0.4, 0.5) is 5.69 Å². The van der Waals surface area contributed by atoms with Crippen LogP contribution < -0.4 is 5.32 Å². The molecule has 2 aromatic heterocycles. The molecule has 1 N–H and O–H groups in total. The highest BCUT2D eigenvalue weighted by Gasteiger charge is 2.22. The van der Waals surface area contributed by atoms with Gasteiger partial charge in [-0.2, -0.15) is 10.2 Å². The van der Waals surface area contributed by atoms with E-state index in [9.17, 15) is 9.59 Å². The fraction of sp³-hybridized carbons (Fsp3) is 0.429. The monoisotopic (exact) mass is 304 g/mol. The van der Waals surface area contributed by atoms with Gasteiger partial charge in [0.2, 0.25) is 0 Å². The topological polar surface area (TPSA) is 85.0 Å². The molecule has 0 saturated carbocycles. The molecule has 0 unspecified atom stereocenters. The normalized spacial score (nSPS) is 10.5. The Morgan fingerprint density at radius 3 is 2.45 bits per heavy atom. The highest BCUT2D eigenvalue weighted by Crippen LogP contribution is 2.18. The summed E-state index contributed by atoms with van der Waals surface area (Å²) in [6.07, 6.45) is 3.06. The van der Waals surface area contributed by atoms with Crippen LogP contribution in [-0.4, -0.2) is 50.4 Å². The molecule has 2 aromatic rings. The van der Waals surface area contributed by atoms with Gasteiger partial charge in [-0.1, -0.05) is 0 Å². The third-order valence-corrected chi connectivity index (χ3v) is 3.24. The first-order chi connectivity index (χ1) is 10.5. The van der Waals surface area contributed by atoms with Gasteiger partial charge in [0.25, 0.3) is 11.8 Å². The molecular formula is C14H20N6O2. The minimum Gasteiger partial charge on any atom is -0.343 e. The molecule has 118 valence electrons. The van der Waals surface area contributed by atoms with E-state index in [2.05, 4.69) is 15.5 Å². The van der Waals surface area contributed by atoms with Gasteiger partial charge in [0.05, 0.1) is 11.9 Å². The number of rotatable bonds is 5. The fourth-order valence-electron chi connectivity index (χ4n) is 2.12. The van der Waals surface area contributed by atoms with Gasteiger partial charge in [-0.3, -0.25) is 19.0 Å². The summed E-state index contributed by atoms with van der Waals surface area (Å²) in [6, 6.07) is 1.64. The third-order valence-electron chi connectivity index (χ3n) is 3.24. The average Bonchev–Trinajstić information content (AvgIpc) is 3.12. The number of nitrogens with zero attached hydrogens (tertiary/aromatic N) is 5. The van der Waals surface area contributed by atoms with Crippen LogP contribution in [0.1, 0.15) is 34.8 Å². The summed E-state index contributed by atoms with van der Waals surface area (Å²) in [7, 11) is 3.32. The standard InChI is InChI=1S/C14H20N6O2/c1-5-19-11(7-8-15-19)13(21)17-10-9-16-20(6-2)12(10)14(22)18(3)4/h7-9H,5-6H2,1-4H3,(H,17,21). The lowest BCUT2D eigenvalue weighted by Crippen LogP contribution is -2.27. The molecule has 0 aliphatic heterocycles. The van der Waals surface area contributed by atoms with Crippen molar-refractivity contribution in [3.8, 4) is 0 Å². The maximum Gasteiger partial charge on any atom is 0.274 e. The molecule has 0 radical (unpaired) electrons. The lowest BCUT2D eigenvalue weighted by atomic mass is 10.3. The molecule has 2 rings (SSSR count). The summed E-state index contributed by atoms with van der Waals surface area (Å²) in [5.41, 5.74) is 1.20. The zero-order chi connectivity index (χ0) is 16.3. The Labute approximate surface area is 128 Å². The molecule has 0 aliphatic rings. The Morgan fingerprint density at radius 2 is 1.86 bits per heavy atom. The first-order valence-corrected chi connectivity index (χ1v) is 7.10. The zero-order valence-electron chi connectivity index (χ0n) is 13.2. The lowest BCUT2D eigenvalue weighted by molar-refractivity contribution is 0.0816. The van der Waals surface area contributed by atoms with Crippen LogP contribution >= 0.6 is 0 Å². The molecule has 2 heterocycles. The van der Waals surface area contributed by atoms with Crippen LogP contribution in [0.25, 0.3) is 0 Å². The number of carbonyl (C=O) groups excluding carboxylic acids is 2. The van der Waals surface area contributed by atoms with E-state index in [1.165, 1.54) is 11.1 Å². The number of aryl methyl sites for hydroxylation is 2. The predicted octanol–water partition coefficient (Wildman–Crippen LogP) is 1.07. The average molecular weight is 304 g/mol. The van der Waals surface area contributed by atoms with E-state index >= 15 is 0 Å². The summed E-state index contributed by atoms with van der Waals surface area (Å²) in [4.78, 5) is 26.1. The molecule has 0 spiro atoms. The Hall–Kier alpha value is -2.64. The molecule has 0 fully saturated rings. The largest absolute Gasteiger partial charge is 0.343 e. The van der Waals surface area contributed by atoms with Gasteiger partial charge in [0.15, 0.2) is 0 Å². The van der Waals surface area contributed by atoms with Crippen molar-refractivity contribution in [1.29, 1.82) is 0 Å². The molecule has 2 amide bonds. The Bertz CT molecular complexity index is 685. The molecule has 0 aromatic carbocycles. The van der Waals surface area contributed by atoms with E-state index in [1.54, 1.807) is 35.7 Å². The second kappa shape index (κ2) is 6.42. The summed E-state index contributed by atoms with van der Waals surface area (Å²) >= 11 is 0. The van der Waals surface area contributed by atoms with Crippen LogP contribution in [0.3, 0.4) is 0 Å². The maximum absolute atomic E-state index is 12.4. The maximum atomic E-state index is 12.4. The van der Waals surface area contributed by atoms with E-state index in [1.807, 2.05) is 13.8 Å². The number of anilines is 1. The summed E-state index contributed by atoms with van der Waals surface area (Å²) < 4.78 is 3.15. The third kappa shape index (κ3) is 2.85. The van der Waals surface area contributed by atoms with Gasteiger partial charge in [0, 0.05) is 33.4 Å².